The second-order valence-corrected chi connectivity index (χ2v) is 3.07. The molecule has 62 valence electrons. The monoisotopic (exact) mass is 180 g/mol. The van der Waals surface area contributed by atoms with E-state index in [4.69, 9.17) is 11.6 Å². The Morgan fingerprint density at radius 2 is 2.00 bits per heavy atom. The highest BCUT2D eigenvalue weighted by atomic mass is 35.5. The molecule has 0 unspecified atom stereocenters. The molecule has 2 N–H and O–H groups in total. The normalized spacial score (nSPS) is 14.9. The Bertz CT molecular complexity index is 320. The van der Waals surface area contributed by atoms with Crippen LogP contribution in [0.3, 0.4) is 0 Å². The van der Waals surface area contributed by atoms with E-state index in [1.54, 1.807) is 0 Å². The Labute approximate surface area is 76.2 Å². The maximum atomic E-state index is 5.80. The van der Waals surface area contributed by atoms with E-state index in [-0.39, 0.29) is 0 Å². The van der Waals surface area contributed by atoms with Crippen LogP contribution in [-0.4, -0.2) is 0 Å². The number of anilines is 1. The number of hydrogen-bond donors (Lipinski definition) is 2. The molecule has 0 saturated heterocycles. The van der Waals surface area contributed by atoms with Crippen LogP contribution in [0.25, 0.3) is 0 Å². The third kappa shape index (κ3) is 1.38. The summed E-state index contributed by atoms with van der Waals surface area (Å²) < 4.78 is 0. The predicted octanol–water partition coefficient (Wildman–Crippen LogP) is 2.24. The minimum atomic E-state index is 0.645. The molecule has 0 radical (unpaired) electrons. The van der Waals surface area contributed by atoms with Gasteiger partial charge in [-0.15, -0.1) is 0 Å². The lowest BCUT2D eigenvalue weighted by molar-refractivity contribution is 1.04. The van der Waals surface area contributed by atoms with Gasteiger partial charge in [0, 0.05) is 0 Å². The molecule has 0 aromatic heterocycles. The van der Waals surface area contributed by atoms with Crippen LogP contribution in [0.5, 0.6) is 0 Å². The largest absolute Gasteiger partial charge is 0.300 e. The molecule has 12 heavy (non-hydrogen) atoms. The van der Waals surface area contributed by atoms with E-state index >= 15 is 0 Å². The SMILES string of the molecule is ClC1=CCc2ccccc2NN1. The first-order valence-corrected chi connectivity index (χ1v) is 4.19. The molecule has 2 rings (SSSR count). The minimum Gasteiger partial charge on any atom is -0.300 e. The van der Waals surface area contributed by atoms with Crippen molar-refractivity contribution in [2.24, 2.45) is 0 Å². The molecular formula is C9H9ClN2. The fourth-order valence-corrected chi connectivity index (χ4v) is 1.32. The summed E-state index contributed by atoms with van der Waals surface area (Å²) in [6.45, 7) is 0. The predicted molar refractivity (Wildman–Crippen MR) is 50.8 cm³/mol. The fourth-order valence-electron chi connectivity index (χ4n) is 1.20. The lowest BCUT2D eigenvalue weighted by Crippen LogP contribution is -2.16. The molecule has 0 amide bonds. The Morgan fingerprint density at radius 1 is 1.17 bits per heavy atom. The van der Waals surface area contributed by atoms with Crippen molar-refractivity contribution in [1.82, 2.24) is 5.43 Å². The van der Waals surface area contributed by atoms with Crippen LogP contribution >= 0.6 is 11.6 Å². The van der Waals surface area contributed by atoms with Crippen molar-refractivity contribution < 1.29 is 0 Å². The van der Waals surface area contributed by atoms with Gasteiger partial charge in [0.05, 0.1) is 5.69 Å². The summed E-state index contributed by atoms with van der Waals surface area (Å²) in [5.74, 6) is 0. The molecule has 1 aromatic carbocycles. The number of allylic oxidation sites excluding steroid dienone is 1. The number of nitrogens with one attached hydrogen (secondary N) is 2. The number of fused-ring (bicyclic) bond motifs is 1. The zero-order chi connectivity index (χ0) is 8.39. The van der Waals surface area contributed by atoms with E-state index in [1.165, 1.54) is 5.56 Å². The van der Waals surface area contributed by atoms with Gasteiger partial charge in [0.25, 0.3) is 0 Å². The van der Waals surface area contributed by atoms with Crippen molar-refractivity contribution in [2.75, 3.05) is 5.43 Å². The summed E-state index contributed by atoms with van der Waals surface area (Å²) in [5, 5.41) is 0.645. The van der Waals surface area contributed by atoms with Gasteiger partial charge in [-0.05, 0) is 24.1 Å². The maximum Gasteiger partial charge on any atom is 0.117 e. The number of hydrazine groups is 1. The van der Waals surface area contributed by atoms with E-state index in [2.05, 4.69) is 16.9 Å². The average Bonchev–Trinajstić information content (AvgIpc) is 2.29. The molecule has 0 saturated carbocycles. The van der Waals surface area contributed by atoms with E-state index < -0.39 is 0 Å². The van der Waals surface area contributed by atoms with E-state index in [9.17, 15) is 0 Å². The number of hydrogen-bond acceptors (Lipinski definition) is 2. The molecule has 1 aromatic rings. The summed E-state index contributed by atoms with van der Waals surface area (Å²) in [4.78, 5) is 0. The van der Waals surface area contributed by atoms with Crippen molar-refractivity contribution in [3.8, 4) is 0 Å². The summed E-state index contributed by atoms with van der Waals surface area (Å²) >= 11 is 5.80. The molecule has 0 aliphatic carbocycles. The number of halogens is 1. The molecule has 0 bridgehead atoms. The second kappa shape index (κ2) is 3.07. The lowest BCUT2D eigenvalue weighted by Gasteiger charge is -2.07. The Hall–Kier alpha value is -1.15. The lowest BCUT2D eigenvalue weighted by atomic mass is 10.1. The van der Waals surface area contributed by atoms with Crippen LogP contribution in [0, 0.1) is 0 Å². The minimum absolute atomic E-state index is 0.645. The van der Waals surface area contributed by atoms with E-state index in [0.29, 0.717) is 5.16 Å². The number of benzene rings is 1. The van der Waals surface area contributed by atoms with Crippen LogP contribution in [0.4, 0.5) is 5.69 Å². The molecule has 2 nitrogen and oxygen atoms in total. The highest BCUT2D eigenvalue weighted by Crippen LogP contribution is 2.18. The van der Waals surface area contributed by atoms with Crippen molar-refractivity contribution in [2.45, 2.75) is 6.42 Å². The maximum absolute atomic E-state index is 5.80. The molecular weight excluding hydrogens is 172 g/mol. The molecule has 0 spiro atoms. The highest BCUT2D eigenvalue weighted by Gasteiger charge is 2.03. The second-order valence-electron chi connectivity index (χ2n) is 2.66. The fraction of sp³-hybridized carbons (Fsp3) is 0.111. The van der Waals surface area contributed by atoms with Crippen LogP contribution in [0.15, 0.2) is 35.5 Å². The summed E-state index contributed by atoms with van der Waals surface area (Å²) in [7, 11) is 0. The summed E-state index contributed by atoms with van der Waals surface area (Å²) in [6.07, 6.45) is 2.81. The molecule has 0 atom stereocenters. The number of para-hydroxylation sites is 1. The van der Waals surface area contributed by atoms with Crippen molar-refractivity contribution in [3.63, 3.8) is 0 Å². The average molecular weight is 181 g/mol. The Balaban J connectivity index is 2.35. The molecule has 3 heteroatoms. The van der Waals surface area contributed by atoms with Gasteiger partial charge in [0.15, 0.2) is 0 Å². The summed E-state index contributed by atoms with van der Waals surface area (Å²) in [5.41, 5.74) is 8.24. The zero-order valence-corrected chi connectivity index (χ0v) is 7.23. The van der Waals surface area contributed by atoms with Crippen molar-refractivity contribution >= 4 is 17.3 Å². The topological polar surface area (TPSA) is 24.1 Å². The van der Waals surface area contributed by atoms with Gasteiger partial charge in [-0.3, -0.25) is 10.9 Å². The van der Waals surface area contributed by atoms with Crippen molar-refractivity contribution in [3.05, 3.63) is 41.1 Å². The van der Waals surface area contributed by atoms with Gasteiger partial charge < -0.3 is 0 Å². The quantitative estimate of drug-likeness (QED) is 0.599. The third-order valence-corrected chi connectivity index (χ3v) is 2.08. The first kappa shape index (κ1) is 7.50. The highest BCUT2D eigenvalue weighted by molar-refractivity contribution is 6.29. The first-order valence-electron chi connectivity index (χ1n) is 3.82. The Kier molecular flexibility index (Phi) is 1.92. The smallest absolute Gasteiger partial charge is 0.117 e. The van der Waals surface area contributed by atoms with Crippen LogP contribution in [0.1, 0.15) is 5.56 Å². The van der Waals surface area contributed by atoms with Crippen LogP contribution in [0.2, 0.25) is 0 Å². The molecule has 1 aliphatic rings. The standard InChI is InChI=1S/C9H9ClN2/c10-9-6-5-7-3-1-2-4-8(7)11-12-9/h1-4,6,11-12H,5H2. The van der Waals surface area contributed by atoms with Crippen LogP contribution in [-0.2, 0) is 6.42 Å². The third-order valence-electron chi connectivity index (χ3n) is 1.84. The molecule has 1 heterocycles. The van der Waals surface area contributed by atoms with Gasteiger partial charge in [-0.25, -0.2) is 0 Å². The number of rotatable bonds is 0. The van der Waals surface area contributed by atoms with Gasteiger partial charge in [0.1, 0.15) is 5.16 Å². The zero-order valence-electron chi connectivity index (χ0n) is 6.47. The first-order chi connectivity index (χ1) is 5.86. The van der Waals surface area contributed by atoms with Gasteiger partial charge >= 0.3 is 0 Å². The van der Waals surface area contributed by atoms with Gasteiger partial charge in [0.2, 0.25) is 0 Å². The van der Waals surface area contributed by atoms with E-state index in [0.717, 1.165) is 12.1 Å². The molecule has 0 fully saturated rings. The van der Waals surface area contributed by atoms with E-state index in [1.807, 2.05) is 24.3 Å². The van der Waals surface area contributed by atoms with Crippen molar-refractivity contribution in [1.29, 1.82) is 0 Å². The van der Waals surface area contributed by atoms with Crippen LogP contribution < -0.4 is 10.9 Å². The summed E-state index contributed by atoms with van der Waals surface area (Å²) in [6, 6.07) is 8.11. The van der Waals surface area contributed by atoms with Gasteiger partial charge in [-0.1, -0.05) is 29.8 Å². The molecule has 1 aliphatic heterocycles. The van der Waals surface area contributed by atoms with Gasteiger partial charge in [-0.2, -0.15) is 0 Å². The Morgan fingerprint density at radius 3 is 2.92 bits per heavy atom.